The first-order chi connectivity index (χ1) is 11.5. The molecule has 0 aliphatic heterocycles. The molecule has 2 unspecified atom stereocenters. The Morgan fingerprint density at radius 3 is 2.58 bits per heavy atom. The maximum absolute atomic E-state index is 12.4. The van der Waals surface area contributed by atoms with E-state index in [0.29, 0.717) is 5.57 Å². The number of amides is 1. The second kappa shape index (κ2) is 7.34. The Balaban J connectivity index is 1.62. The van der Waals surface area contributed by atoms with E-state index in [1.54, 1.807) is 0 Å². The van der Waals surface area contributed by atoms with Gasteiger partial charge in [-0.1, -0.05) is 18.2 Å². The zero-order valence-corrected chi connectivity index (χ0v) is 13.3. The molecular weight excluding hydrogens is 310 g/mol. The summed E-state index contributed by atoms with van der Waals surface area (Å²) in [5.74, 6) is 0.447. The molecule has 1 saturated carbocycles. The number of hydrogen-bond acceptors (Lipinski definition) is 5. The van der Waals surface area contributed by atoms with Gasteiger partial charge in [-0.15, -0.1) is 0 Å². The fourth-order valence-corrected chi connectivity index (χ4v) is 3.28. The van der Waals surface area contributed by atoms with E-state index < -0.39 is 18.3 Å². The highest BCUT2D eigenvalue weighted by atomic mass is 16.5. The van der Waals surface area contributed by atoms with Gasteiger partial charge in [0.15, 0.2) is 0 Å². The van der Waals surface area contributed by atoms with Crippen LogP contribution in [0.2, 0.25) is 0 Å². The number of rotatable bonds is 4. The van der Waals surface area contributed by atoms with Crippen molar-refractivity contribution in [2.75, 3.05) is 0 Å². The second-order valence-corrected chi connectivity index (χ2v) is 6.42. The van der Waals surface area contributed by atoms with Gasteiger partial charge < -0.3 is 25.4 Å². The highest BCUT2D eigenvalue weighted by Gasteiger charge is 2.34. The Labute approximate surface area is 140 Å². The molecule has 6 nitrogen and oxygen atoms in total. The van der Waals surface area contributed by atoms with Crippen molar-refractivity contribution in [2.24, 2.45) is 0 Å². The first kappa shape index (κ1) is 17.0. The molecule has 1 fully saturated rings. The van der Waals surface area contributed by atoms with Gasteiger partial charge in [0.25, 0.3) is 0 Å². The molecule has 1 aromatic carbocycles. The van der Waals surface area contributed by atoms with Gasteiger partial charge in [0, 0.05) is 12.0 Å². The van der Waals surface area contributed by atoms with Crippen LogP contribution in [0.25, 0.3) is 0 Å². The van der Waals surface area contributed by atoms with Crippen LogP contribution in [0.4, 0.5) is 0 Å². The molecule has 1 amide bonds. The first-order valence-electron chi connectivity index (χ1n) is 8.32. The number of benzene rings is 1. The average molecular weight is 333 g/mol. The van der Waals surface area contributed by atoms with Crippen molar-refractivity contribution in [3.8, 4) is 5.75 Å². The summed E-state index contributed by atoms with van der Waals surface area (Å²) in [4.78, 5) is 12.4. The van der Waals surface area contributed by atoms with Crippen LogP contribution in [-0.4, -0.2) is 51.7 Å². The van der Waals surface area contributed by atoms with Crippen LogP contribution < -0.4 is 10.1 Å². The number of aliphatic hydroxyl groups is 3. The SMILES string of the molecule is O=C(NC1CCCC1Oc1ccccc1)C1=C[C@@H](O)[C@@H](O)[C@H](O)C1. The summed E-state index contributed by atoms with van der Waals surface area (Å²) in [6, 6.07) is 9.38. The molecular formula is C18H23NO5. The molecule has 5 atom stereocenters. The summed E-state index contributed by atoms with van der Waals surface area (Å²) < 4.78 is 5.96. The largest absolute Gasteiger partial charge is 0.488 e. The van der Waals surface area contributed by atoms with Gasteiger partial charge in [0.2, 0.25) is 5.91 Å². The Bertz CT molecular complexity index is 603. The van der Waals surface area contributed by atoms with Crippen molar-refractivity contribution in [3.63, 3.8) is 0 Å². The summed E-state index contributed by atoms with van der Waals surface area (Å²) in [6.45, 7) is 0. The number of hydrogen-bond donors (Lipinski definition) is 4. The highest BCUT2D eigenvalue weighted by Crippen LogP contribution is 2.26. The molecule has 2 aliphatic carbocycles. The third-order valence-corrected chi connectivity index (χ3v) is 4.64. The monoisotopic (exact) mass is 333 g/mol. The predicted octanol–water partition coefficient (Wildman–Crippen LogP) is 0.515. The smallest absolute Gasteiger partial charge is 0.247 e. The van der Waals surface area contributed by atoms with Crippen LogP contribution in [-0.2, 0) is 4.79 Å². The van der Waals surface area contributed by atoms with E-state index in [1.807, 2.05) is 30.3 Å². The van der Waals surface area contributed by atoms with Crippen LogP contribution in [0, 0.1) is 0 Å². The molecule has 4 N–H and O–H groups in total. The lowest BCUT2D eigenvalue weighted by atomic mass is 9.91. The molecule has 1 aromatic rings. The Kier molecular flexibility index (Phi) is 5.18. The zero-order chi connectivity index (χ0) is 17.1. The van der Waals surface area contributed by atoms with Crippen molar-refractivity contribution in [1.82, 2.24) is 5.32 Å². The van der Waals surface area contributed by atoms with E-state index >= 15 is 0 Å². The van der Waals surface area contributed by atoms with Crippen LogP contribution in [0.5, 0.6) is 5.75 Å². The molecule has 2 aliphatic rings. The Hall–Kier alpha value is -1.89. The molecule has 0 radical (unpaired) electrons. The number of carbonyl (C=O) groups is 1. The molecule has 0 aromatic heterocycles. The molecule has 0 bridgehead atoms. The van der Waals surface area contributed by atoms with Gasteiger partial charge in [-0.25, -0.2) is 0 Å². The van der Waals surface area contributed by atoms with E-state index in [2.05, 4.69) is 5.32 Å². The summed E-state index contributed by atoms with van der Waals surface area (Å²) in [6.07, 6.45) is 0.289. The second-order valence-electron chi connectivity index (χ2n) is 6.42. The zero-order valence-electron chi connectivity index (χ0n) is 13.3. The lowest BCUT2D eigenvalue weighted by Gasteiger charge is -2.28. The van der Waals surface area contributed by atoms with Crippen molar-refractivity contribution in [3.05, 3.63) is 42.0 Å². The van der Waals surface area contributed by atoms with Crippen molar-refractivity contribution >= 4 is 5.91 Å². The van der Waals surface area contributed by atoms with Gasteiger partial charge in [-0.2, -0.15) is 0 Å². The van der Waals surface area contributed by atoms with Gasteiger partial charge >= 0.3 is 0 Å². The van der Waals surface area contributed by atoms with Crippen molar-refractivity contribution in [2.45, 2.75) is 56.1 Å². The summed E-state index contributed by atoms with van der Waals surface area (Å²) in [7, 11) is 0. The fourth-order valence-electron chi connectivity index (χ4n) is 3.28. The summed E-state index contributed by atoms with van der Waals surface area (Å²) in [5.41, 5.74) is 0.297. The van der Waals surface area contributed by atoms with E-state index in [0.717, 1.165) is 25.0 Å². The van der Waals surface area contributed by atoms with Gasteiger partial charge in [-0.05, 0) is 37.5 Å². The number of ether oxygens (including phenoxy) is 1. The Morgan fingerprint density at radius 1 is 1.12 bits per heavy atom. The minimum atomic E-state index is -1.25. The third-order valence-electron chi connectivity index (χ3n) is 4.64. The van der Waals surface area contributed by atoms with Crippen molar-refractivity contribution in [1.29, 1.82) is 0 Å². The third kappa shape index (κ3) is 3.77. The number of para-hydroxylation sites is 1. The lowest BCUT2D eigenvalue weighted by Crippen LogP contribution is -2.46. The quantitative estimate of drug-likeness (QED) is 0.644. The lowest BCUT2D eigenvalue weighted by molar-refractivity contribution is -0.120. The van der Waals surface area contributed by atoms with Crippen molar-refractivity contribution < 1.29 is 24.9 Å². The number of nitrogens with one attached hydrogen (secondary N) is 1. The van der Waals surface area contributed by atoms with Crippen LogP contribution in [0.3, 0.4) is 0 Å². The van der Waals surface area contributed by atoms with Gasteiger partial charge in [-0.3, -0.25) is 4.79 Å². The minimum Gasteiger partial charge on any atom is -0.488 e. The molecule has 6 heteroatoms. The molecule has 0 heterocycles. The number of aliphatic hydroxyl groups excluding tert-OH is 3. The van der Waals surface area contributed by atoms with E-state index in [9.17, 15) is 20.1 Å². The maximum atomic E-state index is 12.4. The number of carbonyl (C=O) groups excluding carboxylic acids is 1. The Morgan fingerprint density at radius 2 is 1.88 bits per heavy atom. The first-order valence-corrected chi connectivity index (χ1v) is 8.32. The molecule has 0 saturated heterocycles. The normalized spacial score (nSPS) is 33.0. The van der Waals surface area contributed by atoms with Gasteiger partial charge in [0.1, 0.15) is 24.1 Å². The summed E-state index contributed by atoms with van der Waals surface area (Å²) in [5, 5.41) is 31.9. The molecule has 130 valence electrons. The minimum absolute atomic E-state index is 0.0288. The fraction of sp³-hybridized carbons (Fsp3) is 0.500. The van der Waals surface area contributed by atoms with E-state index in [4.69, 9.17) is 4.74 Å². The topological polar surface area (TPSA) is 99.0 Å². The van der Waals surface area contributed by atoms with Crippen LogP contribution in [0.15, 0.2) is 42.0 Å². The maximum Gasteiger partial charge on any atom is 0.247 e. The predicted molar refractivity (Wildman–Crippen MR) is 87.4 cm³/mol. The van der Waals surface area contributed by atoms with E-state index in [1.165, 1.54) is 6.08 Å². The molecule has 3 rings (SSSR count). The molecule has 0 spiro atoms. The van der Waals surface area contributed by atoms with Gasteiger partial charge in [0.05, 0.1) is 12.1 Å². The van der Waals surface area contributed by atoms with Crippen LogP contribution in [0.1, 0.15) is 25.7 Å². The molecule has 24 heavy (non-hydrogen) atoms. The highest BCUT2D eigenvalue weighted by molar-refractivity contribution is 5.94. The summed E-state index contributed by atoms with van der Waals surface area (Å²) >= 11 is 0. The van der Waals surface area contributed by atoms with Crippen LogP contribution >= 0.6 is 0 Å². The van der Waals surface area contributed by atoms with E-state index in [-0.39, 0.29) is 24.5 Å². The average Bonchev–Trinajstić information content (AvgIpc) is 3.00. The standard InChI is InChI=1S/C18H23NO5/c20-14-9-11(10-15(21)17(14)22)18(23)19-13-7-4-8-16(13)24-12-5-2-1-3-6-12/h1-3,5-6,9,13-17,20-22H,4,7-8,10H2,(H,19,23)/t13?,14-,15-,16?,17-/m1/s1.